The van der Waals surface area contributed by atoms with Crippen molar-refractivity contribution in [2.24, 2.45) is 0 Å². The molecule has 0 aromatic carbocycles. The van der Waals surface area contributed by atoms with Crippen LogP contribution in [0.25, 0.3) is 0 Å². The third kappa shape index (κ3) is 2.48. The first-order chi connectivity index (χ1) is 10.8. The molecule has 0 unspecified atom stereocenters. The van der Waals surface area contributed by atoms with E-state index in [0.717, 1.165) is 43.9 Å². The lowest BCUT2D eigenvalue weighted by atomic mass is 10.1. The maximum Gasteiger partial charge on any atom is 0.227 e. The van der Waals surface area contributed by atoms with E-state index < -0.39 is 0 Å². The van der Waals surface area contributed by atoms with Crippen molar-refractivity contribution in [1.82, 2.24) is 24.6 Å². The lowest BCUT2D eigenvalue weighted by Gasteiger charge is -2.39. The van der Waals surface area contributed by atoms with Crippen molar-refractivity contribution in [3.63, 3.8) is 0 Å². The van der Waals surface area contributed by atoms with Crippen molar-refractivity contribution in [1.29, 1.82) is 0 Å². The number of hydrogen-bond acceptors (Lipinski definition) is 5. The van der Waals surface area contributed by atoms with Crippen LogP contribution < -0.4 is 4.90 Å². The average molecular weight is 298 g/mol. The zero-order chi connectivity index (χ0) is 14.9. The highest BCUT2D eigenvalue weighted by molar-refractivity contribution is 5.95. The first-order valence-corrected chi connectivity index (χ1v) is 7.60. The Morgan fingerprint density at radius 1 is 1.18 bits per heavy atom. The summed E-state index contributed by atoms with van der Waals surface area (Å²) >= 11 is 0. The largest absolute Gasteiger partial charge is 0.309 e. The fraction of sp³-hybridized carbons (Fsp3) is 0.467. The van der Waals surface area contributed by atoms with Crippen LogP contribution in [0.1, 0.15) is 24.4 Å². The SMILES string of the molecule is O=C1CCCN1c1cnn(C2CN(Cc3cncnc3)C2)c1. The molecule has 4 rings (SSSR count). The molecule has 0 atom stereocenters. The molecule has 0 spiro atoms. The summed E-state index contributed by atoms with van der Waals surface area (Å²) in [5, 5.41) is 4.43. The summed E-state index contributed by atoms with van der Waals surface area (Å²) in [6.45, 7) is 3.61. The number of nitrogens with zero attached hydrogens (tertiary/aromatic N) is 6. The Bertz CT molecular complexity index is 664. The molecule has 0 aliphatic carbocycles. The maximum atomic E-state index is 11.8. The summed E-state index contributed by atoms with van der Waals surface area (Å²) in [5.74, 6) is 0.207. The average Bonchev–Trinajstić information content (AvgIpc) is 3.12. The predicted molar refractivity (Wildman–Crippen MR) is 80.2 cm³/mol. The zero-order valence-corrected chi connectivity index (χ0v) is 12.3. The van der Waals surface area contributed by atoms with E-state index in [2.05, 4.69) is 20.0 Å². The highest BCUT2D eigenvalue weighted by Gasteiger charge is 2.30. The molecule has 4 heterocycles. The molecule has 0 radical (unpaired) electrons. The molecule has 1 amide bonds. The molecule has 2 aromatic heterocycles. The number of rotatable bonds is 4. The quantitative estimate of drug-likeness (QED) is 0.837. The third-order valence-electron chi connectivity index (χ3n) is 4.31. The van der Waals surface area contributed by atoms with Gasteiger partial charge in [0.25, 0.3) is 0 Å². The Labute approximate surface area is 128 Å². The normalized spacial score (nSPS) is 19.6. The van der Waals surface area contributed by atoms with Gasteiger partial charge in [-0.1, -0.05) is 0 Å². The van der Waals surface area contributed by atoms with Gasteiger partial charge in [0, 0.05) is 56.8 Å². The van der Waals surface area contributed by atoms with Crippen LogP contribution in [0.3, 0.4) is 0 Å². The minimum atomic E-state index is 0.207. The van der Waals surface area contributed by atoms with Crippen LogP contribution >= 0.6 is 0 Å². The van der Waals surface area contributed by atoms with Crippen molar-refractivity contribution in [2.45, 2.75) is 25.4 Å². The summed E-state index contributed by atoms with van der Waals surface area (Å²) < 4.78 is 1.99. The van der Waals surface area contributed by atoms with Crippen LogP contribution in [-0.2, 0) is 11.3 Å². The molecule has 22 heavy (non-hydrogen) atoms. The van der Waals surface area contributed by atoms with Gasteiger partial charge in [-0.15, -0.1) is 0 Å². The molecule has 114 valence electrons. The Balaban J connectivity index is 1.35. The second-order valence-electron chi connectivity index (χ2n) is 5.92. The standard InChI is InChI=1S/C15H18N6O/c22-15-2-1-3-20(15)13-6-18-21(10-13)14-8-19(9-14)7-12-4-16-11-17-5-12/h4-6,10-11,14H,1-3,7-9H2. The second-order valence-corrected chi connectivity index (χ2v) is 5.92. The molecule has 7 nitrogen and oxygen atoms in total. The zero-order valence-electron chi connectivity index (χ0n) is 12.3. The van der Waals surface area contributed by atoms with Crippen molar-refractivity contribution in [3.8, 4) is 0 Å². The first-order valence-electron chi connectivity index (χ1n) is 7.60. The molecule has 7 heteroatoms. The van der Waals surface area contributed by atoms with Gasteiger partial charge in [0.2, 0.25) is 5.91 Å². The van der Waals surface area contributed by atoms with Gasteiger partial charge < -0.3 is 4.90 Å². The number of amides is 1. The lowest BCUT2D eigenvalue weighted by molar-refractivity contribution is -0.117. The summed E-state index contributed by atoms with van der Waals surface area (Å²) in [7, 11) is 0. The van der Waals surface area contributed by atoms with Gasteiger partial charge in [-0.05, 0) is 6.42 Å². The topological polar surface area (TPSA) is 67.2 Å². The van der Waals surface area contributed by atoms with Crippen molar-refractivity contribution in [3.05, 3.63) is 36.7 Å². The van der Waals surface area contributed by atoms with Crippen LogP contribution in [0.4, 0.5) is 5.69 Å². The van der Waals surface area contributed by atoms with E-state index in [4.69, 9.17) is 0 Å². The predicted octanol–water partition coefficient (Wildman–Crippen LogP) is 0.857. The lowest BCUT2D eigenvalue weighted by Crippen LogP contribution is -2.47. The number of carbonyl (C=O) groups excluding carboxylic acids is 1. The first kappa shape index (κ1) is 13.4. The van der Waals surface area contributed by atoms with E-state index in [9.17, 15) is 4.79 Å². The van der Waals surface area contributed by atoms with E-state index in [1.807, 2.05) is 28.2 Å². The van der Waals surface area contributed by atoms with E-state index in [0.29, 0.717) is 12.5 Å². The van der Waals surface area contributed by atoms with Gasteiger partial charge >= 0.3 is 0 Å². The third-order valence-corrected chi connectivity index (χ3v) is 4.31. The van der Waals surface area contributed by atoms with E-state index >= 15 is 0 Å². The van der Waals surface area contributed by atoms with Crippen LogP contribution in [0.15, 0.2) is 31.1 Å². The molecule has 0 N–H and O–H groups in total. The van der Waals surface area contributed by atoms with E-state index in [1.54, 1.807) is 12.5 Å². The molecular weight excluding hydrogens is 280 g/mol. The number of anilines is 1. The summed E-state index contributed by atoms with van der Waals surface area (Å²) in [4.78, 5) is 24.0. The van der Waals surface area contributed by atoms with Gasteiger partial charge in [0.15, 0.2) is 0 Å². The second kappa shape index (κ2) is 5.49. The maximum absolute atomic E-state index is 11.8. The molecule has 2 fully saturated rings. The monoisotopic (exact) mass is 298 g/mol. The van der Waals surface area contributed by atoms with Gasteiger partial charge in [-0.25, -0.2) is 9.97 Å². The highest BCUT2D eigenvalue weighted by atomic mass is 16.2. The Hall–Kier alpha value is -2.28. The van der Waals surface area contributed by atoms with Crippen LogP contribution in [0.2, 0.25) is 0 Å². The fourth-order valence-corrected chi connectivity index (χ4v) is 3.10. The molecule has 2 aliphatic heterocycles. The Morgan fingerprint density at radius 2 is 2.00 bits per heavy atom. The molecule has 2 aromatic rings. The van der Waals surface area contributed by atoms with E-state index in [1.165, 1.54) is 0 Å². The van der Waals surface area contributed by atoms with Gasteiger partial charge in [-0.2, -0.15) is 5.10 Å². The van der Waals surface area contributed by atoms with E-state index in [-0.39, 0.29) is 5.91 Å². The highest BCUT2D eigenvalue weighted by Crippen LogP contribution is 2.26. The van der Waals surface area contributed by atoms with Crippen LogP contribution in [0.5, 0.6) is 0 Å². The number of carbonyl (C=O) groups is 1. The minimum Gasteiger partial charge on any atom is -0.309 e. The van der Waals surface area contributed by atoms with Crippen LogP contribution in [0, 0.1) is 0 Å². The van der Waals surface area contributed by atoms with Gasteiger partial charge in [0.05, 0.1) is 17.9 Å². The Kier molecular flexibility index (Phi) is 3.34. The number of aromatic nitrogens is 4. The van der Waals surface area contributed by atoms with Gasteiger partial charge in [-0.3, -0.25) is 14.4 Å². The van der Waals surface area contributed by atoms with Gasteiger partial charge in [0.1, 0.15) is 6.33 Å². The molecule has 0 saturated carbocycles. The number of likely N-dealkylation sites (tertiary alicyclic amines) is 1. The summed E-state index contributed by atoms with van der Waals surface area (Å²) in [6, 6.07) is 0.385. The van der Waals surface area contributed by atoms with Crippen molar-refractivity contribution < 1.29 is 4.79 Å². The molecule has 2 saturated heterocycles. The van der Waals surface area contributed by atoms with Crippen molar-refractivity contribution >= 4 is 11.6 Å². The summed E-state index contributed by atoms with van der Waals surface area (Å²) in [6.07, 6.45) is 10.7. The smallest absolute Gasteiger partial charge is 0.227 e. The molecule has 0 bridgehead atoms. The number of hydrogen-bond donors (Lipinski definition) is 0. The van der Waals surface area contributed by atoms with Crippen molar-refractivity contribution in [2.75, 3.05) is 24.5 Å². The molecular formula is C15H18N6O. The minimum absolute atomic E-state index is 0.207. The van der Waals surface area contributed by atoms with Crippen LogP contribution in [-0.4, -0.2) is 50.2 Å². The fourth-order valence-electron chi connectivity index (χ4n) is 3.10. The summed E-state index contributed by atoms with van der Waals surface area (Å²) in [5.41, 5.74) is 2.06. The molecule has 2 aliphatic rings. The Morgan fingerprint density at radius 3 is 2.73 bits per heavy atom.